The minimum absolute atomic E-state index is 0.00489. The number of nitrogens with two attached hydrogens (primary N) is 3. The molecule has 2 atom stereocenters. The molecule has 1 fully saturated rings. The van der Waals surface area contributed by atoms with Gasteiger partial charge in [-0.1, -0.05) is 45.1 Å². The number of benzene rings is 1. The number of amides is 2. The monoisotopic (exact) mass is 687 g/mol. The molecule has 20 heteroatoms. The van der Waals surface area contributed by atoms with Crippen molar-refractivity contribution in [2.24, 2.45) is 5.16 Å². The van der Waals surface area contributed by atoms with E-state index in [0.717, 1.165) is 16.2 Å². The Morgan fingerprint density at radius 2 is 1.89 bits per heavy atom. The Bertz CT molecular complexity index is 1800. The van der Waals surface area contributed by atoms with Crippen molar-refractivity contribution in [2.45, 2.75) is 36.0 Å². The summed E-state index contributed by atoms with van der Waals surface area (Å²) in [4.78, 5) is 69.1. The molecule has 2 amide bonds. The van der Waals surface area contributed by atoms with Crippen LogP contribution in [0.25, 0.3) is 5.69 Å². The van der Waals surface area contributed by atoms with Crippen molar-refractivity contribution in [1.82, 2.24) is 25.2 Å². The Morgan fingerprint density at radius 1 is 1.17 bits per heavy atom. The normalized spacial score (nSPS) is 18.1. The highest BCUT2D eigenvalue weighted by molar-refractivity contribution is 8.01. The molecule has 2 aliphatic rings. The fraction of sp³-hybridized carbons (Fsp3) is 0.269. The average Bonchev–Trinajstić information content (AvgIpc) is 3.43. The number of nitrogens with one attached hydrogen (secondary N) is 1. The fourth-order valence-electron chi connectivity index (χ4n) is 4.31. The van der Waals surface area contributed by atoms with Gasteiger partial charge in [-0.05, 0) is 31.6 Å². The molecule has 0 radical (unpaired) electrons. The smallest absolute Gasteiger partial charge is 0.354 e. The van der Waals surface area contributed by atoms with E-state index in [0.29, 0.717) is 16.4 Å². The molecule has 17 nitrogen and oxygen atoms in total. The second-order valence-electron chi connectivity index (χ2n) is 10.2. The molecule has 5 rings (SSSR count). The number of thiazole rings is 1. The van der Waals surface area contributed by atoms with E-state index in [1.54, 1.807) is 16.7 Å². The first-order valence-corrected chi connectivity index (χ1v) is 16.1. The summed E-state index contributed by atoms with van der Waals surface area (Å²) in [5.74, 6) is -3.83. The van der Waals surface area contributed by atoms with Crippen molar-refractivity contribution >= 4 is 81.4 Å². The second kappa shape index (κ2) is 12.8. The third-order valence-corrected chi connectivity index (χ3v) is 9.68. The van der Waals surface area contributed by atoms with Gasteiger partial charge in [0.05, 0.1) is 5.69 Å². The Hall–Kier alpha value is -4.95. The standard InChI is InChI=1S/C26H26N10O7S3/c1-26(2,21(41)42)43-34-14(13-10-45-24(29)30-13)17(37)31-15-18(38)36-16(20(39)40)11(8-44-19(15)36)9-46-25-33-22(27)32-23(28)35(25)12-6-4-3-5-7-12/h3-7,10,15,19H,8-9H2,1-2H3,(H8,27,28,29,30,31,32,37,39,40,41,42)/p+1/t15?,19-/m0/s1. The quantitative estimate of drug-likeness (QED) is 0.0512. The number of hydrogen-bond donors (Lipinski definition) is 6. The maximum absolute atomic E-state index is 13.3. The Morgan fingerprint density at radius 3 is 2.52 bits per heavy atom. The number of carbonyl (C=O) groups excluding carboxylic acids is 2. The lowest BCUT2D eigenvalue weighted by Gasteiger charge is -2.49. The summed E-state index contributed by atoms with van der Waals surface area (Å²) < 4.78 is 1.58. The first-order chi connectivity index (χ1) is 21.8. The lowest BCUT2D eigenvalue weighted by molar-refractivity contribution is -0.628. The largest absolute Gasteiger partial charge is 0.478 e. The van der Waals surface area contributed by atoms with E-state index in [-0.39, 0.29) is 39.9 Å². The summed E-state index contributed by atoms with van der Waals surface area (Å²) in [6.45, 7) is 2.47. The fourth-order valence-corrected chi connectivity index (χ4v) is 7.36. The van der Waals surface area contributed by atoms with Gasteiger partial charge in [-0.15, -0.1) is 23.1 Å². The van der Waals surface area contributed by atoms with Crippen molar-refractivity contribution in [1.29, 1.82) is 0 Å². The van der Waals surface area contributed by atoms with Gasteiger partial charge in [0.25, 0.3) is 17.0 Å². The first-order valence-electron chi connectivity index (χ1n) is 13.2. The van der Waals surface area contributed by atoms with Crippen LogP contribution in [0.4, 0.5) is 17.0 Å². The summed E-state index contributed by atoms with van der Waals surface area (Å²) in [5, 5.41) is 26.9. The van der Waals surface area contributed by atoms with Crippen LogP contribution < -0.4 is 27.1 Å². The number of nitrogens with zero attached hydrogens (tertiary/aromatic N) is 6. The zero-order chi connectivity index (χ0) is 33.3. The van der Waals surface area contributed by atoms with E-state index >= 15 is 0 Å². The Kier molecular flexibility index (Phi) is 9.03. The Balaban J connectivity index is 1.36. The lowest BCUT2D eigenvalue weighted by Crippen LogP contribution is -2.71. The van der Waals surface area contributed by atoms with Crippen LogP contribution in [0, 0.1) is 0 Å². The highest BCUT2D eigenvalue weighted by atomic mass is 32.2. The van der Waals surface area contributed by atoms with Crippen LogP contribution in [0.1, 0.15) is 19.5 Å². The molecule has 1 unspecified atom stereocenters. The molecule has 2 aliphatic heterocycles. The van der Waals surface area contributed by atoms with Crippen molar-refractivity contribution < 1.29 is 38.8 Å². The van der Waals surface area contributed by atoms with Crippen molar-refractivity contribution in [3.05, 3.63) is 52.7 Å². The van der Waals surface area contributed by atoms with E-state index < -0.39 is 46.5 Å². The van der Waals surface area contributed by atoms with Crippen LogP contribution in [0.5, 0.6) is 0 Å². The molecule has 0 saturated carbocycles. The molecule has 0 bridgehead atoms. The molecule has 3 aromatic rings. The number of oxime groups is 1. The molecule has 4 heterocycles. The summed E-state index contributed by atoms with van der Waals surface area (Å²) in [7, 11) is 0. The molecule has 0 aliphatic carbocycles. The number of carboxylic acid groups (broad SMARTS) is 2. The molecule has 9 N–H and O–H groups in total. The number of thioether (sulfide) groups is 2. The summed E-state index contributed by atoms with van der Waals surface area (Å²) in [6.07, 6.45) is 0. The first kappa shape index (κ1) is 32.4. The van der Waals surface area contributed by atoms with Gasteiger partial charge in [-0.2, -0.15) is 4.57 Å². The van der Waals surface area contributed by atoms with E-state index in [9.17, 15) is 29.4 Å². The molecule has 0 spiro atoms. The van der Waals surface area contributed by atoms with Gasteiger partial charge in [0.1, 0.15) is 22.8 Å². The topological polar surface area (TPSA) is 266 Å². The minimum Gasteiger partial charge on any atom is -0.478 e. The maximum atomic E-state index is 13.3. The number of β-lactam (4-membered cyclic amide) rings is 1. The van der Waals surface area contributed by atoms with E-state index in [1.807, 2.05) is 18.2 Å². The zero-order valence-corrected chi connectivity index (χ0v) is 26.6. The summed E-state index contributed by atoms with van der Waals surface area (Å²) >= 11 is 3.44. The van der Waals surface area contributed by atoms with E-state index in [1.165, 1.54) is 42.8 Å². The minimum atomic E-state index is -1.78. The van der Waals surface area contributed by atoms with Crippen LogP contribution in [-0.2, 0) is 24.0 Å². The zero-order valence-electron chi connectivity index (χ0n) is 24.1. The molecular weight excluding hydrogens is 661 g/mol. The number of carbonyl (C=O) groups is 4. The molecule has 240 valence electrons. The second-order valence-corrected chi connectivity index (χ2v) is 13.2. The SMILES string of the molecule is CC(C)(ON=C(C(=O)NC1C(=O)N2C(C(=O)O)=C(CSc3nc(N)nc(N)[n+]3-c3ccccc3)CS[C@@H]12)c1csc(N)n1)C(=O)O. The summed E-state index contributed by atoms with van der Waals surface area (Å²) in [6, 6.07) is 7.94. The van der Waals surface area contributed by atoms with Gasteiger partial charge in [0, 0.05) is 16.9 Å². The third kappa shape index (κ3) is 6.39. The number of aliphatic carboxylic acids is 2. The van der Waals surface area contributed by atoms with Gasteiger partial charge >= 0.3 is 23.8 Å². The molecular formula is C26H27N10O7S3+. The van der Waals surface area contributed by atoms with Crippen LogP contribution in [0.2, 0.25) is 0 Å². The number of carboxylic acids is 2. The number of fused-ring (bicyclic) bond motifs is 1. The highest BCUT2D eigenvalue weighted by Gasteiger charge is 2.54. The van der Waals surface area contributed by atoms with Crippen LogP contribution in [0.3, 0.4) is 0 Å². The average molecular weight is 688 g/mol. The number of rotatable bonds is 11. The van der Waals surface area contributed by atoms with Gasteiger partial charge in [-0.3, -0.25) is 14.5 Å². The van der Waals surface area contributed by atoms with Gasteiger partial charge in [0.15, 0.2) is 10.8 Å². The maximum Gasteiger partial charge on any atom is 0.354 e. The van der Waals surface area contributed by atoms with Crippen molar-refractivity contribution in [3.63, 3.8) is 0 Å². The number of nitrogen functional groups attached to an aromatic ring is 3. The predicted octanol–water partition coefficient (Wildman–Crippen LogP) is 0.0712. The molecule has 2 aromatic heterocycles. The summed E-state index contributed by atoms with van der Waals surface area (Å²) in [5.41, 5.74) is 16.4. The van der Waals surface area contributed by atoms with Gasteiger partial charge < -0.3 is 37.6 Å². The Labute approximate surface area is 272 Å². The van der Waals surface area contributed by atoms with Crippen LogP contribution >= 0.6 is 34.9 Å². The van der Waals surface area contributed by atoms with Crippen molar-refractivity contribution in [2.75, 3.05) is 28.7 Å². The number of aromatic nitrogens is 4. The highest BCUT2D eigenvalue weighted by Crippen LogP contribution is 2.41. The third-order valence-electron chi connectivity index (χ3n) is 6.65. The lowest BCUT2D eigenvalue weighted by atomic mass is 10.0. The number of hydrogen-bond acceptors (Lipinski definition) is 15. The van der Waals surface area contributed by atoms with E-state index in [2.05, 4.69) is 25.4 Å². The number of para-hydroxylation sites is 1. The van der Waals surface area contributed by atoms with Gasteiger partial charge in [-0.25, -0.2) is 14.6 Å². The molecule has 1 saturated heterocycles. The predicted molar refractivity (Wildman–Crippen MR) is 169 cm³/mol. The van der Waals surface area contributed by atoms with Gasteiger partial charge in [0.2, 0.25) is 5.60 Å². The van der Waals surface area contributed by atoms with E-state index in [4.69, 9.17) is 22.0 Å². The van der Waals surface area contributed by atoms with Crippen LogP contribution in [0.15, 0.2) is 57.3 Å². The molecule has 46 heavy (non-hydrogen) atoms. The molecule has 1 aromatic carbocycles. The number of anilines is 3. The van der Waals surface area contributed by atoms with Crippen molar-refractivity contribution in [3.8, 4) is 5.69 Å². The van der Waals surface area contributed by atoms with Crippen LogP contribution in [-0.4, -0.2) is 88.1 Å².